The average Bonchev–Trinajstić information content (AvgIpc) is 2.61. The zero-order valence-electron chi connectivity index (χ0n) is 14.6. The van der Waals surface area contributed by atoms with E-state index in [1.165, 1.54) is 24.3 Å². The summed E-state index contributed by atoms with van der Waals surface area (Å²) < 4.78 is 11.6. The summed E-state index contributed by atoms with van der Waals surface area (Å²) in [5.74, 6) is 0.142. The molecule has 0 radical (unpaired) electrons. The molecule has 0 amide bonds. The van der Waals surface area contributed by atoms with Crippen LogP contribution in [0.5, 0.6) is 5.88 Å². The Kier molecular flexibility index (Phi) is 5.02. The normalized spacial score (nSPS) is 11.0. The van der Waals surface area contributed by atoms with E-state index in [0.29, 0.717) is 35.3 Å². The first kappa shape index (κ1) is 17.7. The van der Waals surface area contributed by atoms with Gasteiger partial charge in [0.1, 0.15) is 11.3 Å². The van der Waals surface area contributed by atoms with Crippen molar-refractivity contribution in [2.45, 2.75) is 20.3 Å². The molecule has 0 bridgehead atoms. The largest absolute Gasteiger partial charge is 0.478 e. The van der Waals surface area contributed by atoms with Crippen LogP contribution in [-0.4, -0.2) is 22.7 Å². The van der Waals surface area contributed by atoms with E-state index in [1.54, 1.807) is 18.3 Å². The van der Waals surface area contributed by atoms with Gasteiger partial charge in [-0.05, 0) is 42.7 Å². The highest BCUT2D eigenvalue weighted by atomic mass is 16.5. The van der Waals surface area contributed by atoms with Crippen molar-refractivity contribution in [2.75, 3.05) is 6.61 Å². The molecule has 0 atom stereocenters. The molecule has 26 heavy (non-hydrogen) atoms. The lowest BCUT2D eigenvalue weighted by Gasteiger charge is -2.11. The number of hydrogen-bond donors (Lipinski definition) is 1. The van der Waals surface area contributed by atoms with Gasteiger partial charge in [0.25, 0.3) is 0 Å². The third-order valence-electron chi connectivity index (χ3n) is 3.94. The van der Waals surface area contributed by atoms with Crippen molar-refractivity contribution in [3.05, 3.63) is 58.4 Å². The molecule has 0 unspecified atom stereocenters. The predicted molar refractivity (Wildman–Crippen MR) is 97.6 cm³/mol. The number of carbonyl (C=O) groups is 1. The van der Waals surface area contributed by atoms with Crippen LogP contribution in [0, 0.1) is 5.92 Å². The predicted octanol–water partition coefficient (Wildman–Crippen LogP) is 3.98. The van der Waals surface area contributed by atoms with Gasteiger partial charge in [-0.3, -0.25) is 4.79 Å². The lowest BCUT2D eigenvalue weighted by atomic mass is 10.1. The van der Waals surface area contributed by atoms with Crippen molar-refractivity contribution >= 4 is 16.9 Å². The Morgan fingerprint density at radius 2 is 2.08 bits per heavy atom. The van der Waals surface area contributed by atoms with Crippen molar-refractivity contribution in [3.63, 3.8) is 0 Å². The first-order chi connectivity index (χ1) is 12.5. The van der Waals surface area contributed by atoms with Gasteiger partial charge in [0.05, 0.1) is 23.1 Å². The maximum absolute atomic E-state index is 12.4. The quantitative estimate of drug-likeness (QED) is 0.721. The maximum Gasteiger partial charge on any atom is 0.335 e. The van der Waals surface area contributed by atoms with Crippen LogP contribution in [0.2, 0.25) is 0 Å². The average molecular weight is 353 g/mol. The Morgan fingerprint density at radius 1 is 1.27 bits per heavy atom. The van der Waals surface area contributed by atoms with Crippen molar-refractivity contribution in [1.82, 2.24) is 4.98 Å². The van der Waals surface area contributed by atoms with Crippen molar-refractivity contribution in [1.29, 1.82) is 0 Å². The molecule has 0 spiro atoms. The number of ether oxygens (including phenoxy) is 1. The second kappa shape index (κ2) is 7.39. The number of carboxylic acids is 1. The van der Waals surface area contributed by atoms with E-state index in [-0.39, 0.29) is 16.4 Å². The molecule has 1 N–H and O–H groups in total. The van der Waals surface area contributed by atoms with Gasteiger partial charge < -0.3 is 14.3 Å². The van der Waals surface area contributed by atoms with E-state index in [9.17, 15) is 9.59 Å². The van der Waals surface area contributed by atoms with Gasteiger partial charge in [-0.2, -0.15) is 0 Å². The number of benzene rings is 1. The van der Waals surface area contributed by atoms with E-state index >= 15 is 0 Å². The monoisotopic (exact) mass is 353 g/mol. The summed E-state index contributed by atoms with van der Waals surface area (Å²) in [4.78, 5) is 27.8. The highest BCUT2D eigenvalue weighted by Crippen LogP contribution is 2.29. The van der Waals surface area contributed by atoms with Gasteiger partial charge >= 0.3 is 5.97 Å². The zero-order chi connectivity index (χ0) is 18.7. The second-order valence-corrected chi connectivity index (χ2v) is 6.38. The molecule has 0 aliphatic heterocycles. The van der Waals surface area contributed by atoms with Crippen molar-refractivity contribution < 1.29 is 19.1 Å². The van der Waals surface area contributed by atoms with Crippen LogP contribution in [0.1, 0.15) is 30.6 Å². The Hall–Kier alpha value is -3.15. The number of aromatic nitrogens is 1. The standard InChI is InChI=1S/C20H19NO5/c1-12(2)7-9-25-19-14(4-3-8-21-19)18-11-16(22)15-10-13(20(23)24)5-6-17(15)26-18/h3-6,8,10-12H,7,9H2,1-2H3,(H,23,24). The summed E-state index contributed by atoms with van der Waals surface area (Å²) in [5, 5.41) is 9.29. The van der Waals surface area contributed by atoms with Gasteiger partial charge in [0.2, 0.25) is 5.88 Å². The summed E-state index contributed by atoms with van der Waals surface area (Å²) >= 11 is 0. The SMILES string of the molecule is CC(C)CCOc1ncccc1-c1cc(=O)c2cc(C(=O)O)ccc2o1. The van der Waals surface area contributed by atoms with Gasteiger partial charge in [-0.15, -0.1) is 0 Å². The Labute approximate surface area is 150 Å². The fourth-order valence-corrected chi connectivity index (χ4v) is 2.51. The van der Waals surface area contributed by atoms with E-state index in [4.69, 9.17) is 14.3 Å². The van der Waals surface area contributed by atoms with Crippen LogP contribution in [0.25, 0.3) is 22.3 Å². The van der Waals surface area contributed by atoms with E-state index < -0.39 is 5.97 Å². The molecular weight excluding hydrogens is 334 g/mol. The molecule has 2 aromatic heterocycles. The first-order valence-corrected chi connectivity index (χ1v) is 8.35. The van der Waals surface area contributed by atoms with Gasteiger partial charge in [0, 0.05) is 12.3 Å². The summed E-state index contributed by atoms with van der Waals surface area (Å²) in [6.07, 6.45) is 2.50. The van der Waals surface area contributed by atoms with Crippen LogP contribution in [0.4, 0.5) is 0 Å². The molecule has 134 valence electrons. The minimum atomic E-state index is -1.09. The van der Waals surface area contributed by atoms with E-state index in [0.717, 1.165) is 6.42 Å². The molecule has 0 saturated heterocycles. The maximum atomic E-state index is 12.4. The van der Waals surface area contributed by atoms with Crippen LogP contribution < -0.4 is 10.2 Å². The van der Waals surface area contributed by atoms with E-state index in [2.05, 4.69) is 18.8 Å². The minimum absolute atomic E-state index is 0.0386. The van der Waals surface area contributed by atoms with Crippen molar-refractivity contribution in [2.24, 2.45) is 5.92 Å². The number of hydrogen-bond acceptors (Lipinski definition) is 5. The Bertz CT molecular complexity index is 1010. The topological polar surface area (TPSA) is 89.6 Å². The molecule has 3 aromatic rings. The summed E-state index contributed by atoms with van der Waals surface area (Å²) in [6.45, 7) is 4.73. The highest BCUT2D eigenvalue weighted by Gasteiger charge is 2.14. The molecule has 3 rings (SSSR count). The number of carboxylic acid groups (broad SMARTS) is 1. The minimum Gasteiger partial charge on any atom is -0.478 e. The molecule has 0 aliphatic carbocycles. The zero-order valence-corrected chi connectivity index (χ0v) is 14.6. The summed E-state index contributed by atoms with van der Waals surface area (Å²) in [7, 11) is 0. The van der Waals surface area contributed by atoms with Crippen molar-refractivity contribution in [3.8, 4) is 17.2 Å². The van der Waals surface area contributed by atoms with Gasteiger partial charge in [0.15, 0.2) is 5.43 Å². The molecule has 2 heterocycles. The third kappa shape index (κ3) is 3.74. The Morgan fingerprint density at radius 3 is 2.81 bits per heavy atom. The van der Waals surface area contributed by atoms with Gasteiger partial charge in [-0.1, -0.05) is 13.8 Å². The third-order valence-corrected chi connectivity index (χ3v) is 3.94. The second-order valence-electron chi connectivity index (χ2n) is 6.38. The first-order valence-electron chi connectivity index (χ1n) is 8.35. The molecule has 6 nitrogen and oxygen atoms in total. The van der Waals surface area contributed by atoms with Crippen LogP contribution in [0.15, 0.2) is 51.8 Å². The summed E-state index contributed by atoms with van der Waals surface area (Å²) in [5.41, 5.74) is 0.616. The lowest BCUT2D eigenvalue weighted by molar-refractivity contribution is 0.0697. The fraction of sp³-hybridized carbons (Fsp3) is 0.250. The van der Waals surface area contributed by atoms with Crippen LogP contribution >= 0.6 is 0 Å². The number of pyridine rings is 1. The molecule has 0 aliphatic rings. The number of fused-ring (bicyclic) bond motifs is 1. The summed E-state index contributed by atoms with van der Waals surface area (Å²) in [6, 6.07) is 9.05. The Balaban J connectivity index is 2.02. The highest BCUT2D eigenvalue weighted by molar-refractivity contribution is 5.93. The van der Waals surface area contributed by atoms with Gasteiger partial charge in [-0.25, -0.2) is 9.78 Å². The number of rotatable bonds is 6. The molecule has 6 heteroatoms. The van der Waals surface area contributed by atoms with E-state index in [1.807, 2.05) is 0 Å². The van der Waals surface area contributed by atoms with Crippen LogP contribution in [0.3, 0.4) is 0 Å². The molecule has 1 aromatic carbocycles. The molecule has 0 saturated carbocycles. The fourth-order valence-electron chi connectivity index (χ4n) is 2.51. The lowest BCUT2D eigenvalue weighted by Crippen LogP contribution is -2.06. The number of aromatic carboxylic acids is 1. The molecule has 0 fully saturated rings. The van der Waals surface area contributed by atoms with Crippen LogP contribution in [-0.2, 0) is 0 Å². The smallest absolute Gasteiger partial charge is 0.335 e. The number of nitrogens with zero attached hydrogens (tertiary/aromatic N) is 1. The molecular formula is C20H19NO5.